The summed E-state index contributed by atoms with van der Waals surface area (Å²) in [4.78, 5) is 3.95. The summed E-state index contributed by atoms with van der Waals surface area (Å²) in [6.07, 6.45) is 0. The zero-order valence-corrected chi connectivity index (χ0v) is 25.2. The van der Waals surface area contributed by atoms with Crippen molar-refractivity contribution < 1.29 is 4.42 Å². The number of nitrogens with zero attached hydrogens (tertiary/aromatic N) is 3. The van der Waals surface area contributed by atoms with Gasteiger partial charge in [-0.3, -0.25) is 0 Å². The molecule has 47 heavy (non-hydrogen) atoms. The number of hydrogen-bond acceptors (Lipinski definition) is 1. The molecule has 7 aromatic carbocycles. The second-order valence-electron chi connectivity index (χ2n) is 12.0. The summed E-state index contributed by atoms with van der Waals surface area (Å²) in [7, 11) is 0. The second-order valence-corrected chi connectivity index (χ2v) is 12.0. The van der Waals surface area contributed by atoms with Crippen molar-refractivity contribution in [1.82, 2.24) is 9.13 Å². The molecule has 0 amide bonds. The Bertz CT molecular complexity index is 2880. The van der Waals surface area contributed by atoms with Gasteiger partial charge in [-0.15, -0.1) is 0 Å². The summed E-state index contributed by atoms with van der Waals surface area (Å²) < 4.78 is 11.2. The van der Waals surface area contributed by atoms with E-state index in [0.717, 1.165) is 77.3 Å². The highest BCUT2D eigenvalue weighted by molar-refractivity contribution is 6.24. The van der Waals surface area contributed by atoms with Gasteiger partial charge in [-0.25, -0.2) is 4.85 Å². The van der Waals surface area contributed by atoms with E-state index in [4.69, 9.17) is 11.0 Å². The van der Waals surface area contributed by atoms with Crippen molar-refractivity contribution in [2.24, 2.45) is 0 Å². The van der Waals surface area contributed by atoms with Crippen LogP contribution in [0.25, 0.3) is 92.9 Å². The van der Waals surface area contributed by atoms with Crippen LogP contribution >= 0.6 is 0 Å². The van der Waals surface area contributed by atoms with E-state index < -0.39 is 0 Å². The lowest BCUT2D eigenvalue weighted by molar-refractivity contribution is 0.673. The van der Waals surface area contributed by atoms with Gasteiger partial charge in [0.1, 0.15) is 11.2 Å². The number of rotatable bonds is 3. The molecule has 4 heteroatoms. The Morgan fingerprint density at radius 3 is 1.85 bits per heavy atom. The standard InChI is InChI=1S/C43H25N3O/c1-44-28-24-27(25-29(26-28)45-37-18-8-3-13-31(37)32-14-4-9-19-38(32)45)30-12-2-7-17-36(30)46-39-20-10-5-16-35(39)42-40(46)23-22-34-33-15-6-11-21-41(33)47-43(34)42/h2-26H. The summed E-state index contributed by atoms with van der Waals surface area (Å²) in [5, 5.41) is 6.87. The fourth-order valence-electron chi connectivity index (χ4n) is 7.55. The normalized spacial score (nSPS) is 11.8. The first-order chi connectivity index (χ1) is 23.3. The maximum Gasteiger partial charge on any atom is 0.189 e. The van der Waals surface area contributed by atoms with E-state index in [-0.39, 0.29) is 0 Å². The van der Waals surface area contributed by atoms with Crippen molar-refractivity contribution in [3.63, 3.8) is 0 Å². The molecule has 0 N–H and O–H groups in total. The van der Waals surface area contributed by atoms with E-state index in [1.807, 2.05) is 24.3 Å². The fourth-order valence-corrected chi connectivity index (χ4v) is 7.55. The SMILES string of the molecule is [C-]#[N+]c1cc(-c2ccccc2-n2c3ccccc3c3c4oc5ccccc5c4ccc32)cc(-n2c3ccccc3c3ccccc32)c1. The average Bonchev–Trinajstić information content (AvgIpc) is 3.79. The second kappa shape index (κ2) is 9.71. The Morgan fingerprint density at radius 2 is 1.11 bits per heavy atom. The van der Waals surface area contributed by atoms with Gasteiger partial charge in [0, 0.05) is 38.2 Å². The minimum Gasteiger partial charge on any atom is -0.455 e. The third kappa shape index (κ3) is 3.63. The lowest BCUT2D eigenvalue weighted by Gasteiger charge is -2.16. The minimum atomic E-state index is 0.598. The van der Waals surface area contributed by atoms with Crippen LogP contribution in [-0.4, -0.2) is 9.13 Å². The molecule has 0 atom stereocenters. The van der Waals surface area contributed by atoms with Gasteiger partial charge < -0.3 is 13.6 Å². The first-order valence-electron chi connectivity index (χ1n) is 15.7. The first-order valence-corrected chi connectivity index (χ1v) is 15.7. The van der Waals surface area contributed by atoms with Gasteiger partial charge >= 0.3 is 0 Å². The quantitative estimate of drug-likeness (QED) is 0.186. The summed E-state index contributed by atoms with van der Waals surface area (Å²) in [5.74, 6) is 0. The highest BCUT2D eigenvalue weighted by Crippen LogP contribution is 2.43. The van der Waals surface area contributed by atoms with Crippen molar-refractivity contribution in [1.29, 1.82) is 0 Å². The van der Waals surface area contributed by atoms with Gasteiger partial charge in [-0.05, 0) is 66.2 Å². The number of hydrogen-bond donors (Lipinski definition) is 0. The van der Waals surface area contributed by atoms with E-state index >= 15 is 0 Å². The van der Waals surface area contributed by atoms with E-state index in [0.29, 0.717) is 5.69 Å². The monoisotopic (exact) mass is 599 g/mol. The van der Waals surface area contributed by atoms with Crippen LogP contribution < -0.4 is 0 Å². The maximum atomic E-state index is 8.08. The summed E-state index contributed by atoms with van der Waals surface area (Å²) in [5.41, 5.74) is 10.9. The zero-order valence-electron chi connectivity index (χ0n) is 25.2. The van der Waals surface area contributed by atoms with E-state index in [1.54, 1.807) is 0 Å². The maximum absolute atomic E-state index is 8.08. The number of aromatic nitrogens is 2. The Labute approximate surface area is 269 Å². The first kappa shape index (κ1) is 25.7. The molecule has 4 nitrogen and oxygen atoms in total. The number of furan rings is 1. The highest BCUT2D eigenvalue weighted by Gasteiger charge is 2.21. The zero-order chi connectivity index (χ0) is 31.1. The molecular weight excluding hydrogens is 574 g/mol. The molecule has 218 valence electrons. The van der Waals surface area contributed by atoms with Crippen molar-refractivity contribution >= 4 is 71.2 Å². The van der Waals surface area contributed by atoms with Crippen LogP contribution in [0.15, 0.2) is 156 Å². The van der Waals surface area contributed by atoms with Crippen LogP contribution in [0, 0.1) is 6.57 Å². The third-order valence-electron chi connectivity index (χ3n) is 9.51. The molecule has 0 spiro atoms. The molecule has 3 heterocycles. The van der Waals surface area contributed by atoms with Gasteiger partial charge in [-0.1, -0.05) is 91.0 Å². The fraction of sp³-hybridized carbons (Fsp3) is 0. The average molecular weight is 600 g/mol. The molecule has 0 aliphatic rings. The summed E-state index contributed by atoms with van der Waals surface area (Å²) in [6.45, 7) is 8.08. The van der Waals surface area contributed by atoms with Crippen LogP contribution in [-0.2, 0) is 0 Å². The Morgan fingerprint density at radius 1 is 0.489 bits per heavy atom. The van der Waals surface area contributed by atoms with Crippen molar-refractivity contribution in [3.8, 4) is 22.5 Å². The lowest BCUT2D eigenvalue weighted by Crippen LogP contribution is -1.98. The van der Waals surface area contributed by atoms with Crippen LogP contribution in [0.3, 0.4) is 0 Å². The Kier molecular flexibility index (Phi) is 5.32. The van der Waals surface area contributed by atoms with Crippen LogP contribution in [0.2, 0.25) is 0 Å². The van der Waals surface area contributed by atoms with Gasteiger partial charge in [0.15, 0.2) is 5.69 Å². The van der Waals surface area contributed by atoms with Crippen molar-refractivity contribution in [2.45, 2.75) is 0 Å². The lowest BCUT2D eigenvalue weighted by atomic mass is 10.0. The molecular formula is C43H25N3O. The minimum absolute atomic E-state index is 0.598. The smallest absolute Gasteiger partial charge is 0.189 e. The molecule has 0 bridgehead atoms. The highest BCUT2D eigenvalue weighted by atomic mass is 16.3. The predicted octanol–water partition coefficient (Wildman–Crippen LogP) is 12.0. The Balaban J connectivity index is 1.27. The molecule has 0 fully saturated rings. The van der Waals surface area contributed by atoms with E-state index in [1.165, 1.54) is 10.8 Å². The Hall–Kier alpha value is -6.57. The van der Waals surface area contributed by atoms with Gasteiger partial charge in [0.2, 0.25) is 0 Å². The summed E-state index contributed by atoms with van der Waals surface area (Å²) >= 11 is 0. The predicted molar refractivity (Wildman–Crippen MR) is 194 cm³/mol. The molecule has 0 saturated heterocycles. The molecule has 10 aromatic rings. The number of para-hydroxylation sites is 5. The van der Waals surface area contributed by atoms with Crippen molar-refractivity contribution in [2.75, 3.05) is 0 Å². The number of benzene rings is 7. The van der Waals surface area contributed by atoms with Crippen molar-refractivity contribution in [3.05, 3.63) is 163 Å². The molecule has 0 aliphatic carbocycles. The van der Waals surface area contributed by atoms with Gasteiger partial charge in [-0.2, -0.15) is 0 Å². The van der Waals surface area contributed by atoms with Gasteiger partial charge in [0.05, 0.1) is 39.7 Å². The van der Waals surface area contributed by atoms with E-state index in [2.05, 4.69) is 141 Å². The number of fused-ring (bicyclic) bond motifs is 10. The van der Waals surface area contributed by atoms with Crippen LogP contribution in [0.1, 0.15) is 0 Å². The molecule has 0 radical (unpaired) electrons. The van der Waals surface area contributed by atoms with Gasteiger partial charge in [0.25, 0.3) is 0 Å². The molecule has 3 aromatic heterocycles. The van der Waals surface area contributed by atoms with E-state index in [9.17, 15) is 0 Å². The van der Waals surface area contributed by atoms with Crippen LogP contribution in [0.4, 0.5) is 5.69 Å². The molecule has 0 saturated carbocycles. The molecule has 0 unspecified atom stereocenters. The summed E-state index contributed by atoms with van der Waals surface area (Å²) in [6, 6.07) is 52.9. The third-order valence-corrected chi connectivity index (χ3v) is 9.51. The largest absolute Gasteiger partial charge is 0.455 e. The molecule has 0 aliphatic heterocycles. The topological polar surface area (TPSA) is 27.4 Å². The molecule has 10 rings (SSSR count). The van der Waals surface area contributed by atoms with Crippen LogP contribution in [0.5, 0.6) is 0 Å².